The quantitative estimate of drug-likeness (QED) is 0.492. The van der Waals surface area contributed by atoms with Crippen molar-refractivity contribution in [3.63, 3.8) is 0 Å². The monoisotopic (exact) mass is 446 g/mol. The summed E-state index contributed by atoms with van der Waals surface area (Å²) in [5, 5.41) is 2.63. The highest BCUT2D eigenvalue weighted by molar-refractivity contribution is 5.77. The molecule has 0 fully saturated rings. The van der Waals surface area contributed by atoms with Crippen LogP contribution in [0.1, 0.15) is 22.5 Å². The number of halogens is 3. The van der Waals surface area contributed by atoms with Crippen LogP contribution in [-0.2, 0) is 30.5 Å². The SMILES string of the molecule is CNC(=O)CN(CCc1cccc(OCc2cccc(C(F)(F)F)c2)c1)Cc1ccco1. The second kappa shape index (κ2) is 10.9. The van der Waals surface area contributed by atoms with E-state index in [4.69, 9.17) is 9.15 Å². The third-order valence-electron chi connectivity index (χ3n) is 4.88. The van der Waals surface area contributed by atoms with E-state index in [9.17, 15) is 18.0 Å². The molecule has 3 rings (SSSR count). The molecular weight excluding hydrogens is 421 g/mol. The number of alkyl halides is 3. The lowest BCUT2D eigenvalue weighted by Crippen LogP contribution is -2.36. The number of rotatable bonds is 10. The number of furan rings is 1. The molecule has 1 N–H and O–H groups in total. The molecule has 8 heteroatoms. The zero-order chi connectivity index (χ0) is 23.0. The van der Waals surface area contributed by atoms with Crippen LogP contribution >= 0.6 is 0 Å². The van der Waals surface area contributed by atoms with Crippen molar-refractivity contribution in [2.45, 2.75) is 25.7 Å². The Hall–Kier alpha value is -3.26. The van der Waals surface area contributed by atoms with E-state index in [-0.39, 0.29) is 19.1 Å². The molecule has 0 unspecified atom stereocenters. The number of likely N-dealkylation sites (N-methyl/N-ethyl adjacent to an activating group) is 1. The van der Waals surface area contributed by atoms with Crippen molar-refractivity contribution in [3.8, 4) is 5.75 Å². The molecule has 0 aliphatic rings. The predicted molar refractivity (Wildman–Crippen MR) is 114 cm³/mol. The first kappa shape index (κ1) is 23.4. The fraction of sp³-hybridized carbons (Fsp3) is 0.292. The normalized spacial score (nSPS) is 11.5. The molecule has 1 amide bonds. The Bertz CT molecular complexity index is 1000. The maximum Gasteiger partial charge on any atom is 0.416 e. The summed E-state index contributed by atoms with van der Waals surface area (Å²) in [5.41, 5.74) is 0.744. The number of nitrogens with one attached hydrogen (secondary N) is 1. The van der Waals surface area contributed by atoms with Crippen LogP contribution in [0.4, 0.5) is 13.2 Å². The van der Waals surface area contributed by atoms with Gasteiger partial charge in [0.1, 0.15) is 18.1 Å². The Kier molecular flexibility index (Phi) is 7.94. The van der Waals surface area contributed by atoms with Crippen LogP contribution < -0.4 is 10.1 Å². The van der Waals surface area contributed by atoms with E-state index in [1.54, 1.807) is 31.5 Å². The first-order valence-corrected chi connectivity index (χ1v) is 10.2. The zero-order valence-corrected chi connectivity index (χ0v) is 17.7. The molecule has 0 aliphatic heterocycles. The number of carbonyl (C=O) groups excluding carboxylic acids is 1. The molecule has 5 nitrogen and oxygen atoms in total. The maximum atomic E-state index is 12.9. The van der Waals surface area contributed by atoms with Gasteiger partial charge in [0.05, 0.1) is 24.9 Å². The lowest BCUT2D eigenvalue weighted by atomic mass is 10.1. The summed E-state index contributed by atoms with van der Waals surface area (Å²) >= 11 is 0. The molecule has 0 saturated carbocycles. The molecule has 0 atom stereocenters. The standard InChI is InChI=1S/C24H25F3N2O3/c1-28-23(30)16-29(15-22-9-4-12-31-22)11-10-18-5-3-8-21(14-18)32-17-19-6-2-7-20(13-19)24(25,26)27/h2-9,12-14H,10-11,15-17H2,1H3,(H,28,30). The minimum absolute atomic E-state index is 0.0364. The van der Waals surface area contributed by atoms with Crippen molar-refractivity contribution in [2.75, 3.05) is 20.1 Å². The lowest BCUT2D eigenvalue weighted by Gasteiger charge is -2.20. The van der Waals surface area contributed by atoms with Crippen LogP contribution in [-0.4, -0.2) is 30.9 Å². The number of nitrogens with zero attached hydrogens (tertiary/aromatic N) is 1. The van der Waals surface area contributed by atoms with Crippen molar-refractivity contribution in [3.05, 3.63) is 89.4 Å². The summed E-state index contributed by atoms with van der Waals surface area (Å²) < 4.78 is 49.7. The molecule has 1 aromatic heterocycles. The Morgan fingerprint density at radius 1 is 1.06 bits per heavy atom. The molecular formula is C24H25F3N2O3. The van der Waals surface area contributed by atoms with Crippen LogP contribution in [0.25, 0.3) is 0 Å². The Balaban J connectivity index is 1.59. The molecule has 32 heavy (non-hydrogen) atoms. The summed E-state index contributed by atoms with van der Waals surface area (Å²) in [7, 11) is 1.60. The fourth-order valence-corrected chi connectivity index (χ4v) is 3.20. The molecule has 1 heterocycles. The van der Waals surface area contributed by atoms with Gasteiger partial charge in [-0.25, -0.2) is 0 Å². The summed E-state index contributed by atoms with van der Waals surface area (Å²) in [6, 6.07) is 16.2. The first-order valence-electron chi connectivity index (χ1n) is 10.2. The molecule has 0 bridgehead atoms. The van der Waals surface area contributed by atoms with Gasteiger partial charge in [-0.15, -0.1) is 0 Å². The highest BCUT2D eigenvalue weighted by Crippen LogP contribution is 2.29. The van der Waals surface area contributed by atoms with Crippen LogP contribution in [0, 0.1) is 0 Å². The van der Waals surface area contributed by atoms with Gasteiger partial charge in [0.15, 0.2) is 0 Å². The zero-order valence-electron chi connectivity index (χ0n) is 17.7. The number of ether oxygens (including phenoxy) is 1. The third-order valence-corrected chi connectivity index (χ3v) is 4.88. The average molecular weight is 446 g/mol. The van der Waals surface area contributed by atoms with Gasteiger partial charge in [-0.2, -0.15) is 13.2 Å². The summed E-state index contributed by atoms with van der Waals surface area (Å²) in [4.78, 5) is 13.8. The van der Waals surface area contributed by atoms with Crippen molar-refractivity contribution < 1.29 is 27.1 Å². The molecule has 0 radical (unpaired) electrons. The van der Waals surface area contributed by atoms with Crippen LogP contribution in [0.3, 0.4) is 0 Å². The maximum absolute atomic E-state index is 12.9. The Morgan fingerprint density at radius 3 is 2.56 bits per heavy atom. The predicted octanol–water partition coefficient (Wildman–Crippen LogP) is 4.67. The second-order valence-electron chi connectivity index (χ2n) is 7.35. The number of amides is 1. The summed E-state index contributed by atoms with van der Waals surface area (Å²) in [5.74, 6) is 1.26. The molecule has 0 saturated heterocycles. The van der Waals surface area contributed by atoms with Gasteiger partial charge in [0, 0.05) is 13.6 Å². The van der Waals surface area contributed by atoms with Crippen LogP contribution in [0.5, 0.6) is 5.75 Å². The van der Waals surface area contributed by atoms with E-state index < -0.39 is 11.7 Å². The topological polar surface area (TPSA) is 54.7 Å². The molecule has 0 aliphatic carbocycles. The van der Waals surface area contributed by atoms with Crippen molar-refractivity contribution in [1.82, 2.24) is 10.2 Å². The highest BCUT2D eigenvalue weighted by Gasteiger charge is 2.30. The second-order valence-corrected chi connectivity index (χ2v) is 7.35. The first-order chi connectivity index (χ1) is 15.3. The minimum atomic E-state index is -4.38. The van der Waals surface area contributed by atoms with Gasteiger partial charge < -0.3 is 14.5 Å². The third kappa shape index (κ3) is 7.16. The number of carbonyl (C=O) groups is 1. The number of benzene rings is 2. The molecule has 3 aromatic rings. The van der Waals surface area contributed by atoms with Crippen molar-refractivity contribution >= 4 is 5.91 Å². The summed E-state index contributed by atoms with van der Waals surface area (Å²) in [6.07, 6.45) is -2.12. The molecule has 2 aromatic carbocycles. The van der Waals surface area contributed by atoms with E-state index in [2.05, 4.69) is 5.32 Å². The van der Waals surface area contributed by atoms with E-state index in [1.165, 1.54) is 6.07 Å². The van der Waals surface area contributed by atoms with Crippen molar-refractivity contribution in [2.24, 2.45) is 0 Å². The fourth-order valence-electron chi connectivity index (χ4n) is 3.20. The van der Waals surface area contributed by atoms with Gasteiger partial charge in [-0.3, -0.25) is 9.69 Å². The Morgan fingerprint density at radius 2 is 1.84 bits per heavy atom. The van der Waals surface area contributed by atoms with E-state index in [0.29, 0.717) is 30.8 Å². The van der Waals surface area contributed by atoms with Crippen molar-refractivity contribution in [1.29, 1.82) is 0 Å². The van der Waals surface area contributed by atoms with Gasteiger partial charge in [0.2, 0.25) is 5.91 Å². The van der Waals surface area contributed by atoms with Crippen LogP contribution in [0.15, 0.2) is 71.3 Å². The highest BCUT2D eigenvalue weighted by atomic mass is 19.4. The van der Waals surface area contributed by atoms with E-state index >= 15 is 0 Å². The van der Waals surface area contributed by atoms with Gasteiger partial charge >= 0.3 is 6.18 Å². The number of hydrogen-bond acceptors (Lipinski definition) is 4. The minimum Gasteiger partial charge on any atom is -0.489 e. The Labute approximate surface area is 184 Å². The largest absolute Gasteiger partial charge is 0.489 e. The smallest absolute Gasteiger partial charge is 0.416 e. The van der Waals surface area contributed by atoms with E-state index in [1.807, 2.05) is 29.2 Å². The average Bonchev–Trinajstić information content (AvgIpc) is 3.29. The molecule has 0 spiro atoms. The number of hydrogen-bond donors (Lipinski definition) is 1. The van der Waals surface area contributed by atoms with Gasteiger partial charge in [0.25, 0.3) is 0 Å². The van der Waals surface area contributed by atoms with Gasteiger partial charge in [-0.1, -0.05) is 24.3 Å². The molecule has 170 valence electrons. The van der Waals surface area contributed by atoms with Crippen LogP contribution in [0.2, 0.25) is 0 Å². The van der Waals surface area contributed by atoms with Gasteiger partial charge in [-0.05, 0) is 53.9 Å². The van der Waals surface area contributed by atoms with E-state index in [0.717, 1.165) is 23.5 Å². The lowest BCUT2D eigenvalue weighted by molar-refractivity contribution is -0.137. The summed E-state index contributed by atoms with van der Waals surface area (Å²) in [6.45, 7) is 1.40.